The highest BCUT2D eigenvalue weighted by molar-refractivity contribution is 7.13. The van der Waals surface area contributed by atoms with Crippen molar-refractivity contribution in [3.05, 3.63) is 52.7 Å². The first-order chi connectivity index (χ1) is 13.1. The summed E-state index contributed by atoms with van der Waals surface area (Å²) in [5, 5.41) is 13.6. The van der Waals surface area contributed by atoms with Crippen molar-refractivity contribution in [3.63, 3.8) is 0 Å². The molecule has 1 unspecified atom stereocenters. The Morgan fingerprint density at radius 3 is 2.33 bits per heavy atom. The van der Waals surface area contributed by atoms with Crippen molar-refractivity contribution in [2.24, 2.45) is 0 Å². The molecule has 1 aliphatic rings. The summed E-state index contributed by atoms with van der Waals surface area (Å²) in [5.74, 6) is -1.96. The predicted octanol–water partition coefficient (Wildman–Crippen LogP) is 0.757. The lowest BCUT2D eigenvalue weighted by Gasteiger charge is -2.37. The number of piperazine rings is 1. The summed E-state index contributed by atoms with van der Waals surface area (Å²) in [6.45, 7) is 1.74. The molecule has 1 aromatic carbocycles. The second-order valence-electron chi connectivity index (χ2n) is 6.16. The molecule has 2 amide bonds. The van der Waals surface area contributed by atoms with Gasteiger partial charge in [-0.3, -0.25) is 14.4 Å². The van der Waals surface area contributed by atoms with Gasteiger partial charge in [-0.05, 0) is 23.6 Å². The van der Waals surface area contributed by atoms with Gasteiger partial charge in [0.1, 0.15) is 6.04 Å². The van der Waals surface area contributed by atoms with Gasteiger partial charge in [0.05, 0.1) is 11.5 Å². The number of nitrogens with zero attached hydrogens (tertiary/aromatic N) is 2. The summed E-state index contributed by atoms with van der Waals surface area (Å²) < 4.78 is 0. The van der Waals surface area contributed by atoms with Crippen molar-refractivity contribution in [1.82, 2.24) is 10.2 Å². The van der Waals surface area contributed by atoms with Crippen LogP contribution < -0.4 is 10.2 Å². The number of carbonyl (C=O) groups excluding carboxylic acids is 3. The number of thiophene rings is 1. The largest absolute Gasteiger partial charge is 0.394 e. The van der Waals surface area contributed by atoms with Crippen LogP contribution >= 0.6 is 11.3 Å². The van der Waals surface area contributed by atoms with Crippen LogP contribution in [0.2, 0.25) is 0 Å². The Bertz CT molecular complexity index is 787. The number of rotatable bonds is 6. The first-order valence-electron chi connectivity index (χ1n) is 8.68. The SMILES string of the molecule is O=C(NC(CO)C(=O)N1CCN(c2ccccc2)CC1)C(=O)c1cccs1. The Labute approximate surface area is 161 Å². The summed E-state index contributed by atoms with van der Waals surface area (Å²) in [4.78, 5) is 40.9. The van der Waals surface area contributed by atoms with Crippen molar-refractivity contribution >= 4 is 34.6 Å². The number of aliphatic hydroxyl groups excluding tert-OH is 1. The van der Waals surface area contributed by atoms with Gasteiger partial charge >= 0.3 is 0 Å². The second-order valence-corrected chi connectivity index (χ2v) is 7.11. The quantitative estimate of drug-likeness (QED) is 0.564. The molecule has 0 spiro atoms. The van der Waals surface area contributed by atoms with Crippen LogP contribution in [-0.4, -0.2) is 66.4 Å². The van der Waals surface area contributed by atoms with Crippen LogP contribution in [0.25, 0.3) is 0 Å². The Morgan fingerprint density at radius 2 is 1.74 bits per heavy atom. The maximum Gasteiger partial charge on any atom is 0.293 e. The van der Waals surface area contributed by atoms with E-state index in [1.54, 1.807) is 22.4 Å². The van der Waals surface area contributed by atoms with Crippen LogP contribution in [0, 0.1) is 0 Å². The molecule has 142 valence electrons. The van der Waals surface area contributed by atoms with Crippen LogP contribution in [-0.2, 0) is 9.59 Å². The molecule has 0 bridgehead atoms. The number of anilines is 1. The van der Waals surface area contributed by atoms with E-state index < -0.39 is 24.3 Å². The van der Waals surface area contributed by atoms with Gasteiger partial charge in [0.25, 0.3) is 11.7 Å². The number of hydrogen-bond donors (Lipinski definition) is 2. The fourth-order valence-corrected chi connectivity index (χ4v) is 3.63. The number of hydrogen-bond acceptors (Lipinski definition) is 6. The third kappa shape index (κ3) is 4.53. The molecule has 2 aromatic rings. The van der Waals surface area contributed by atoms with Gasteiger partial charge in [-0.25, -0.2) is 0 Å². The highest BCUT2D eigenvalue weighted by Gasteiger charge is 2.30. The van der Waals surface area contributed by atoms with Gasteiger partial charge in [-0.1, -0.05) is 24.3 Å². The van der Waals surface area contributed by atoms with Crippen LogP contribution in [0.4, 0.5) is 5.69 Å². The van der Waals surface area contributed by atoms with Crippen molar-refractivity contribution < 1.29 is 19.5 Å². The maximum atomic E-state index is 12.6. The van der Waals surface area contributed by atoms with Crippen LogP contribution in [0.3, 0.4) is 0 Å². The van der Waals surface area contributed by atoms with Crippen molar-refractivity contribution in [1.29, 1.82) is 0 Å². The van der Waals surface area contributed by atoms with Crippen LogP contribution in [0.5, 0.6) is 0 Å². The topological polar surface area (TPSA) is 89.9 Å². The number of carbonyl (C=O) groups is 3. The van der Waals surface area contributed by atoms with E-state index in [0.717, 1.165) is 17.0 Å². The Hall–Kier alpha value is -2.71. The van der Waals surface area contributed by atoms with Gasteiger partial charge in [0.15, 0.2) is 0 Å². The van der Waals surface area contributed by atoms with E-state index in [0.29, 0.717) is 31.1 Å². The van der Waals surface area contributed by atoms with E-state index in [1.165, 1.54) is 0 Å². The number of nitrogens with one attached hydrogen (secondary N) is 1. The molecule has 2 heterocycles. The molecule has 2 N–H and O–H groups in total. The summed E-state index contributed by atoms with van der Waals surface area (Å²) in [5.41, 5.74) is 1.10. The Balaban J connectivity index is 1.56. The molecule has 8 heteroatoms. The van der Waals surface area contributed by atoms with Gasteiger partial charge in [-0.15, -0.1) is 11.3 Å². The van der Waals surface area contributed by atoms with Crippen LogP contribution in [0.15, 0.2) is 47.8 Å². The Kier molecular flexibility index (Phi) is 6.20. The standard InChI is InChI=1S/C19H21N3O4S/c23-13-15(20-18(25)17(24)16-7-4-12-27-16)19(26)22-10-8-21(9-11-22)14-5-2-1-3-6-14/h1-7,12,15,23H,8-11,13H2,(H,20,25). The first-order valence-corrected chi connectivity index (χ1v) is 9.56. The average Bonchev–Trinajstić information content (AvgIpc) is 3.26. The smallest absolute Gasteiger partial charge is 0.293 e. The second kappa shape index (κ2) is 8.79. The molecule has 1 aliphatic heterocycles. The van der Waals surface area contributed by atoms with E-state index in [1.807, 2.05) is 30.3 Å². The van der Waals surface area contributed by atoms with E-state index in [4.69, 9.17) is 0 Å². The number of ketones is 1. The highest BCUT2D eigenvalue weighted by atomic mass is 32.1. The number of aliphatic hydroxyl groups is 1. The molecule has 3 rings (SSSR count). The summed E-state index contributed by atoms with van der Waals surface area (Å²) >= 11 is 1.15. The molecule has 0 radical (unpaired) electrons. The third-order valence-corrected chi connectivity index (χ3v) is 5.32. The zero-order valence-electron chi connectivity index (χ0n) is 14.7. The summed E-state index contributed by atoms with van der Waals surface area (Å²) in [6.07, 6.45) is 0. The molecule has 27 heavy (non-hydrogen) atoms. The molecule has 1 atom stereocenters. The minimum Gasteiger partial charge on any atom is -0.394 e. The average molecular weight is 387 g/mol. The first kappa shape index (κ1) is 19.1. The molecule has 7 nitrogen and oxygen atoms in total. The number of amides is 2. The summed E-state index contributed by atoms with van der Waals surface area (Å²) in [6, 6.07) is 12.0. The lowest BCUT2D eigenvalue weighted by Crippen LogP contribution is -2.56. The molecule has 1 saturated heterocycles. The van der Waals surface area contributed by atoms with Gasteiger partial charge < -0.3 is 20.2 Å². The normalized spacial score (nSPS) is 15.3. The minimum atomic E-state index is -1.12. The van der Waals surface area contributed by atoms with Crippen molar-refractivity contribution in [2.45, 2.75) is 6.04 Å². The zero-order valence-corrected chi connectivity index (χ0v) is 15.5. The zero-order chi connectivity index (χ0) is 19.2. The fraction of sp³-hybridized carbons (Fsp3) is 0.316. The van der Waals surface area contributed by atoms with E-state index in [-0.39, 0.29) is 5.91 Å². The molecule has 1 fully saturated rings. The van der Waals surface area contributed by atoms with E-state index >= 15 is 0 Å². The molecular formula is C19H21N3O4S. The lowest BCUT2D eigenvalue weighted by atomic mass is 10.2. The monoisotopic (exact) mass is 387 g/mol. The lowest BCUT2D eigenvalue weighted by molar-refractivity contribution is -0.137. The Morgan fingerprint density at radius 1 is 1.04 bits per heavy atom. The maximum absolute atomic E-state index is 12.6. The van der Waals surface area contributed by atoms with Gasteiger partial charge in [0.2, 0.25) is 5.91 Å². The molecule has 0 saturated carbocycles. The molecule has 1 aromatic heterocycles. The van der Waals surface area contributed by atoms with Crippen molar-refractivity contribution in [3.8, 4) is 0 Å². The summed E-state index contributed by atoms with van der Waals surface area (Å²) in [7, 11) is 0. The van der Waals surface area contributed by atoms with E-state index in [9.17, 15) is 19.5 Å². The number of benzene rings is 1. The van der Waals surface area contributed by atoms with E-state index in [2.05, 4.69) is 10.2 Å². The van der Waals surface area contributed by atoms with Crippen LogP contribution in [0.1, 0.15) is 9.67 Å². The minimum absolute atomic E-state index is 0.299. The number of Topliss-reactive ketones (excluding diaryl/α,β-unsaturated/α-hetero) is 1. The third-order valence-electron chi connectivity index (χ3n) is 4.45. The van der Waals surface area contributed by atoms with Gasteiger partial charge in [0, 0.05) is 31.9 Å². The highest BCUT2D eigenvalue weighted by Crippen LogP contribution is 2.16. The molecular weight excluding hydrogens is 366 g/mol. The van der Waals surface area contributed by atoms with Gasteiger partial charge in [-0.2, -0.15) is 0 Å². The fourth-order valence-electron chi connectivity index (χ4n) is 2.97. The van der Waals surface area contributed by atoms with Crippen molar-refractivity contribution in [2.75, 3.05) is 37.7 Å². The molecule has 0 aliphatic carbocycles. The number of para-hydroxylation sites is 1. The predicted molar refractivity (Wildman–Crippen MR) is 103 cm³/mol.